The van der Waals surface area contributed by atoms with Gasteiger partial charge in [0.2, 0.25) is 0 Å². The van der Waals surface area contributed by atoms with Crippen molar-refractivity contribution in [2.75, 3.05) is 0 Å². The van der Waals surface area contributed by atoms with Crippen LogP contribution < -0.4 is 0 Å². The smallest absolute Gasteiger partial charge is 0.0184 e. The van der Waals surface area contributed by atoms with Gasteiger partial charge >= 0.3 is 0 Å². The third kappa shape index (κ3) is 1.26. The third-order valence-electron chi connectivity index (χ3n) is 7.25. The van der Waals surface area contributed by atoms with Crippen molar-refractivity contribution in [2.45, 2.75) is 31.1 Å². The van der Waals surface area contributed by atoms with Gasteiger partial charge in [0.05, 0.1) is 0 Å². The van der Waals surface area contributed by atoms with Crippen LogP contribution in [0.15, 0.2) is 71.2 Å². The summed E-state index contributed by atoms with van der Waals surface area (Å²) < 4.78 is 1.40. The Hall–Kier alpha value is -1.34. The normalized spacial score (nSPS) is 39.0. The van der Waals surface area contributed by atoms with E-state index in [0.717, 1.165) is 5.92 Å². The number of rotatable bonds is 2. The lowest BCUT2D eigenvalue weighted by atomic mass is 9.54. The molecule has 2 saturated carbocycles. The Morgan fingerprint density at radius 1 is 0.826 bits per heavy atom. The van der Waals surface area contributed by atoms with Gasteiger partial charge in [-0.25, -0.2) is 0 Å². The summed E-state index contributed by atoms with van der Waals surface area (Å²) in [5, 5.41) is 0. The standard InChI is InChI=1S/C22H21Br/c1-20(2)21(15-9-5-3-6-10-15)18-13-17(23)14-19(18)22(20,21)16-11-7-4-8-12-16/h3-13,18-19H,14H2,1-2H3/t18-,19-,21-,22-/m0/s1. The fraction of sp³-hybridized carbons (Fsp3) is 0.364. The van der Waals surface area contributed by atoms with Gasteiger partial charge in [-0.05, 0) is 39.3 Å². The van der Waals surface area contributed by atoms with Crippen molar-refractivity contribution in [1.29, 1.82) is 0 Å². The topological polar surface area (TPSA) is 0 Å². The molecule has 4 atom stereocenters. The van der Waals surface area contributed by atoms with Crippen molar-refractivity contribution < 1.29 is 0 Å². The second kappa shape index (κ2) is 4.19. The van der Waals surface area contributed by atoms with Gasteiger partial charge in [0, 0.05) is 10.8 Å². The molecule has 0 aliphatic heterocycles. The summed E-state index contributed by atoms with van der Waals surface area (Å²) in [7, 11) is 0. The first-order chi connectivity index (χ1) is 11.1. The number of allylic oxidation sites excluding steroid dienone is 2. The fourth-order valence-electron chi connectivity index (χ4n) is 6.83. The van der Waals surface area contributed by atoms with Gasteiger partial charge in [-0.15, -0.1) is 0 Å². The summed E-state index contributed by atoms with van der Waals surface area (Å²) >= 11 is 3.80. The molecule has 0 bridgehead atoms. The third-order valence-corrected chi connectivity index (χ3v) is 7.84. The predicted octanol–water partition coefficient (Wildman–Crippen LogP) is 5.83. The number of hydrogen-bond donors (Lipinski definition) is 0. The van der Waals surface area contributed by atoms with Crippen LogP contribution in [0.5, 0.6) is 0 Å². The highest BCUT2D eigenvalue weighted by atomic mass is 79.9. The van der Waals surface area contributed by atoms with Crippen LogP contribution in [0, 0.1) is 17.3 Å². The molecule has 0 spiro atoms. The zero-order valence-electron chi connectivity index (χ0n) is 13.6. The number of hydrogen-bond acceptors (Lipinski definition) is 0. The molecule has 0 saturated heterocycles. The van der Waals surface area contributed by atoms with Crippen molar-refractivity contribution in [1.82, 2.24) is 0 Å². The maximum atomic E-state index is 3.80. The van der Waals surface area contributed by atoms with E-state index in [-0.39, 0.29) is 10.8 Å². The van der Waals surface area contributed by atoms with Crippen LogP contribution >= 0.6 is 15.9 Å². The van der Waals surface area contributed by atoms with Crippen LogP contribution in [0.3, 0.4) is 0 Å². The quantitative estimate of drug-likeness (QED) is 0.628. The first kappa shape index (κ1) is 14.0. The predicted molar refractivity (Wildman–Crippen MR) is 98.6 cm³/mol. The molecule has 3 aliphatic carbocycles. The molecule has 0 heterocycles. The van der Waals surface area contributed by atoms with Gasteiger partial charge in [-0.2, -0.15) is 0 Å². The molecule has 23 heavy (non-hydrogen) atoms. The van der Waals surface area contributed by atoms with Crippen LogP contribution in [0.25, 0.3) is 0 Å². The maximum absolute atomic E-state index is 3.80. The Kier molecular flexibility index (Phi) is 2.56. The van der Waals surface area contributed by atoms with Gasteiger partial charge in [-0.1, -0.05) is 96.5 Å². The largest absolute Gasteiger partial charge is 0.0700 e. The molecular formula is C22H21Br. The molecule has 116 valence electrons. The number of benzene rings is 2. The van der Waals surface area contributed by atoms with Gasteiger partial charge in [-0.3, -0.25) is 0 Å². The minimum atomic E-state index is 0.253. The van der Waals surface area contributed by atoms with Crippen molar-refractivity contribution in [3.05, 3.63) is 82.3 Å². The van der Waals surface area contributed by atoms with Gasteiger partial charge in [0.25, 0.3) is 0 Å². The Morgan fingerprint density at radius 3 is 1.91 bits per heavy atom. The first-order valence-electron chi connectivity index (χ1n) is 8.55. The van der Waals surface area contributed by atoms with Crippen LogP contribution in [-0.2, 0) is 10.8 Å². The van der Waals surface area contributed by atoms with E-state index in [9.17, 15) is 0 Å². The van der Waals surface area contributed by atoms with Crippen molar-refractivity contribution in [3.63, 3.8) is 0 Å². The molecule has 2 fully saturated rings. The van der Waals surface area contributed by atoms with Crippen molar-refractivity contribution >= 4 is 15.9 Å². The lowest BCUT2D eigenvalue weighted by molar-refractivity contribution is 0.145. The molecule has 2 aromatic carbocycles. The molecule has 0 radical (unpaired) electrons. The summed E-state index contributed by atoms with van der Waals surface area (Å²) in [5.41, 5.74) is 3.88. The average Bonchev–Trinajstić information content (AvgIpc) is 2.73. The first-order valence-corrected chi connectivity index (χ1v) is 9.35. The molecule has 0 nitrogen and oxygen atoms in total. The highest BCUT2D eigenvalue weighted by Gasteiger charge is 2.95. The lowest BCUT2D eigenvalue weighted by Gasteiger charge is -2.48. The number of halogens is 1. The molecule has 3 aliphatic rings. The fourth-order valence-corrected chi connectivity index (χ4v) is 7.47. The number of fused-ring (bicyclic) bond motifs is 4. The van der Waals surface area contributed by atoms with Crippen LogP contribution in [0.1, 0.15) is 31.4 Å². The Balaban J connectivity index is 1.78. The molecule has 0 N–H and O–H groups in total. The van der Waals surface area contributed by atoms with E-state index in [4.69, 9.17) is 0 Å². The van der Waals surface area contributed by atoms with E-state index in [1.165, 1.54) is 22.0 Å². The Labute approximate surface area is 146 Å². The molecule has 1 heteroatoms. The minimum absolute atomic E-state index is 0.253. The summed E-state index contributed by atoms with van der Waals surface area (Å²) in [4.78, 5) is 0. The molecule has 0 amide bonds. The summed E-state index contributed by atoms with van der Waals surface area (Å²) in [6.45, 7) is 4.99. The summed E-state index contributed by atoms with van der Waals surface area (Å²) in [5.74, 6) is 1.39. The van der Waals surface area contributed by atoms with E-state index in [0.29, 0.717) is 11.3 Å². The molecule has 0 aromatic heterocycles. The van der Waals surface area contributed by atoms with E-state index < -0.39 is 0 Å². The summed E-state index contributed by atoms with van der Waals surface area (Å²) in [6.07, 6.45) is 3.70. The van der Waals surface area contributed by atoms with Gasteiger partial charge < -0.3 is 0 Å². The van der Waals surface area contributed by atoms with Crippen LogP contribution in [0.4, 0.5) is 0 Å². The van der Waals surface area contributed by atoms with Crippen molar-refractivity contribution in [2.24, 2.45) is 17.3 Å². The highest BCUT2D eigenvalue weighted by Crippen LogP contribution is 2.94. The highest BCUT2D eigenvalue weighted by molar-refractivity contribution is 9.11. The SMILES string of the molecule is CC1(C)[C@]2(c3ccccc3)[C@H]3C=C(Br)C[C@@H]3[C@@]12c1ccccc1. The minimum Gasteiger partial charge on any atom is -0.0700 e. The molecule has 2 aromatic rings. The van der Waals surface area contributed by atoms with Gasteiger partial charge in [0.15, 0.2) is 0 Å². The Morgan fingerprint density at radius 2 is 1.35 bits per heavy atom. The zero-order chi connectivity index (χ0) is 15.9. The van der Waals surface area contributed by atoms with E-state index in [1.807, 2.05) is 0 Å². The van der Waals surface area contributed by atoms with E-state index >= 15 is 0 Å². The van der Waals surface area contributed by atoms with Crippen LogP contribution in [0.2, 0.25) is 0 Å². The monoisotopic (exact) mass is 364 g/mol. The van der Waals surface area contributed by atoms with E-state index in [2.05, 4.69) is 96.5 Å². The summed E-state index contributed by atoms with van der Waals surface area (Å²) in [6, 6.07) is 22.5. The van der Waals surface area contributed by atoms with Crippen molar-refractivity contribution in [3.8, 4) is 0 Å². The second-order valence-electron chi connectivity index (χ2n) is 7.92. The lowest BCUT2D eigenvalue weighted by Crippen LogP contribution is -2.49. The van der Waals surface area contributed by atoms with Crippen LogP contribution in [-0.4, -0.2) is 0 Å². The van der Waals surface area contributed by atoms with Gasteiger partial charge in [0.1, 0.15) is 0 Å². The average molecular weight is 365 g/mol. The second-order valence-corrected chi connectivity index (χ2v) is 8.94. The Bertz CT molecular complexity index is 804. The zero-order valence-corrected chi connectivity index (χ0v) is 15.2. The molecule has 0 unspecified atom stereocenters. The van der Waals surface area contributed by atoms with E-state index in [1.54, 1.807) is 0 Å². The molecule has 5 rings (SSSR count). The maximum Gasteiger partial charge on any atom is 0.0184 e. The molecular weight excluding hydrogens is 344 g/mol.